The van der Waals surface area contributed by atoms with Crippen LogP contribution in [0.15, 0.2) is 36.7 Å². The van der Waals surface area contributed by atoms with Crippen molar-refractivity contribution >= 4 is 11.7 Å². The number of nitrogens with one attached hydrogen (secondary N) is 1. The standard InChI is InChI=1S/C20H26N4O/c1-3-17-10-6-7-11-24(17)20(25)18-12-19(23-14-22-18)21-13-16-9-5-4-8-15(16)2/h4-5,8-9,12,14,17H,3,6-7,10-11,13H2,1-2H3,(H,21,22,23). The first-order valence-corrected chi connectivity index (χ1v) is 9.10. The molecule has 1 atom stereocenters. The van der Waals surface area contributed by atoms with Crippen LogP contribution >= 0.6 is 0 Å². The predicted molar refractivity (Wildman–Crippen MR) is 99.5 cm³/mol. The van der Waals surface area contributed by atoms with Gasteiger partial charge in [0.2, 0.25) is 0 Å². The van der Waals surface area contributed by atoms with E-state index in [0.29, 0.717) is 24.1 Å². The van der Waals surface area contributed by atoms with Gasteiger partial charge in [-0.2, -0.15) is 0 Å². The van der Waals surface area contributed by atoms with Crippen molar-refractivity contribution in [1.29, 1.82) is 0 Å². The molecule has 0 saturated carbocycles. The minimum atomic E-state index is 0.0212. The third kappa shape index (κ3) is 4.16. The topological polar surface area (TPSA) is 58.1 Å². The van der Waals surface area contributed by atoms with Crippen molar-refractivity contribution in [3.63, 3.8) is 0 Å². The van der Waals surface area contributed by atoms with Crippen molar-refractivity contribution in [2.45, 2.75) is 52.1 Å². The van der Waals surface area contributed by atoms with Crippen LogP contribution in [0.4, 0.5) is 5.82 Å². The molecule has 1 aliphatic rings. The van der Waals surface area contributed by atoms with E-state index in [1.54, 1.807) is 6.07 Å². The number of benzene rings is 1. The molecule has 132 valence electrons. The summed E-state index contributed by atoms with van der Waals surface area (Å²) in [5.74, 6) is 0.708. The lowest BCUT2D eigenvalue weighted by Crippen LogP contribution is -2.43. The average Bonchev–Trinajstić information content (AvgIpc) is 2.67. The van der Waals surface area contributed by atoms with Gasteiger partial charge in [-0.15, -0.1) is 0 Å². The zero-order valence-corrected chi connectivity index (χ0v) is 15.0. The van der Waals surface area contributed by atoms with E-state index in [4.69, 9.17) is 0 Å². The second kappa shape index (κ2) is 8.10. The number of piperidine rings is 1. The predicted octanol–water partition coefficient (Wildman–Crippen LogP) is 3.80. The van der Waals surface area contributed by atoms with E-state index < -0.39 is 0 Å². The van der Waals surface area contributed by atoms with Crippen molar-refractivity contribution in [2.24, 2.45) is 0 Å². The van der Waals surface area contributed by atoms with Crippen LogP contribution in [0.1, 0.15) is 54.2 Å². The Morgan fingerprint density at radius 3 is 2.92 bits per heavy atom. The lowest BCUT2D eigenvalue weighted by molar-refractivity contribution is 0.0602. The SMILES string of the molecule is CCC1CCCCN1C(=O)c1cc(NCc2ccccc2C)ncn1. The summed E-state index contributed by atoms with van der Waals surface area (Å²) in [6.45, 7) is 5.74. The second-order valence-electron chi connectivity index (χ2n) is 6.62. The highest BCUT2D eigenvalue weighted by molar-refractivity contribution is 5.93. The molecule has 1 N–H and O–H groups in total. The lowest BCUT2D eigenvalue weighted by atomic mass is 9.99. The molecule has 0 radical (unpaired) electrons. The number of amides is 1. The van der Waals surface area contributed by atoms with E-state index in [2.05, 4.69) is 41.3 Å². The van der Waals surface area contributed by atoms with Gasteiger partial charge in [-0.3, -0.25) is 4.79 Å². The van der Waals surface area contributed by atoms with Crippen molar-refractivity contribution in [2.75, 3.05) is 11.9 Å². The number of carbonyl (C=O) groups is 1. The molecule has 0 bridgehead atoms. The number of anilines is 1. The van der Waals surface area contributed by atoms with Crippen molar-refractivity contribution in [1.82, 2.24) is 14.9 Å². The molecule has 1 saturated heterocycles. The van der Waals surface area contributed by atoms with Gasteiger partial charge in [0, 0.05) is 25.2 Å². The smallest absolute Gasteiger partial charge is 0.272 e. The van der Waals surface area contributed by atoms with E-state index in [0.717, 1.165) is 25.8 Å². The highest BCUT2D eigenvalue weighted by atomic mass is 16.2. The number of nitrogens with zero attached hydrogens (tertiary/aromatic N) is 3. The molecule has 2 aromatic rings. The number of aryl methyl sites for hydroxylation is 1. The Morgan fingerprint density at radius 1 is 1.28 bits per heavy atom. The fourth-order valence-electron chi connectivity index (χ4n) is 3.40. The molecular formula is C20H26N4O. The maximum atomic E-state index is 12.9. The minimum absolute atomic E-state index is 0.0212. The molecule has 3 rings (SSSR count). The summed E-state index contributed by atoms with van der Waals surface area (Å²) < 4.78 is 0. The number of aromatic nitrogens is 2. The second-order valence-corrected chi connectivity index (χ2v) is 6.62. The van der Waals surface area contributed by atoms with E-state index in [9.17, 15) is 4.79 Å². The summed E-state index contributed by atoms with van der Waals surface area (Å²) in [4.78, 5) is 23.3. The van der Waals surface area contributed by atoms with Crippen LogP contribution in [0.25, 0.3) is 0 Å². The van der Waals surface area contributed by atoms with Crippen molar-refractivity contribution < 1.29 is 4.79 Å². The molecule has 1 aliphatic heterocycles. The fraction of sp³-hybridized carbons (Fsp3) is 0.450. The Balaban J connectivity index is 1.70. The van der Waals surface area contributed by atoms with Crippen LogP contribution in [0.5, 0.6) is 0 Å². The molecule has 1 aromatic carbocycles. The molecule has 5 heteroatoms. The summed E-state index contributed by atoms with van der Waals surface area (Å²) >= 11 is 0. The highest BCUT2D eigenvalue weighted by Gasteiger charge is 2.27. The maximum absolute atomic E-state index is 12.9. The first-order chi connectivity index (χ1) is 12.2. The first kappa shape index (κ1) is 17.4. The number of likely N-dealkylation sites (tertiary alicyclic amines) is 1. The molecule has 5 nitrogen and oxygen atoms in total. The summed E-state index contributed by atoms with van der Waals surface area (Å²) in [7, 11) is 0. The Hall–Kier alpha value is -2.43. The van der Waals surface area contributed by atoms with Crippen LogP contribution in [0, 0.1) is 6.92 Å². The molecule has 25 heavy (non-hydrogen) atoms. The highest BCUT2D eigenvalue weighted by Crippen LogP contribution is 2.21. The minimum Gasteiger partial charge on any atom is -0.366 e. The van der Waals surface area contributed by atoms with Gasteiger partial charge in [-0.25, -0.2) is 9.97 Å². The van der Waals surface area contributed by atoms with Crippen LogP contribution in [-0.4, -0.2) is 33.4 Å². The Kier molecular flexibility index (Phi) is 5.64. The summed E-state index contributed by atoms with van der Waals surface area (Å²) in [6.07, 6.45) is 5.83. The van der Waals surface area contributed by atoms with E-state index in [1.165, 1.54) is 23.9 Å². The third-order valence-electron chi connectivity index (χ3n) is 4.97. The van der Waals surface area contributed by atoms with Gasteiger partial charge < -0.3 is 10.2 Å². The van der Waals surface area contributed by atoms with Crippen LogP contribution in [-0.2, 0) is 6.54 Å². The van der Waals surface area contributed by atoms with Gasteiger partial charge in [-0.1, -0.05) is 31.2 Å². The average molecular weight is 338 g/mol. The van der Waals surface area contributed by atoms with Gasteiger partial charge in [0.1, 0.15) is 17.8 Å². The number of rotatable bonds is 5. The molecular weight excluding hydrogens is 312 g/mol. The Bertz CT molecular complexity index is 731. The van der Waals surface area contributed by atoms with Gasteiger partial charge in [-0.05, 0) is 43.7 Å². The zero-order valence-electron chi connectivity index (χ0n) is 15.0. The Labute approximate surface area is 149 Å². The van der Waals surface area contributed by atoms with E-state index >= 15 is 0 Å². The molecule has 1 amide bonds. The maximum Gasteiger partial charge on any atom is 0.272 e. The zero-order chi connectivity index (χ0) is 17.6. The van der Waals surface area contributed by atoms with Crippen molar-refractivity contribution in [3.8, 4) is 0 Å². The van der Waals surface area contributed by atoms with Gasteiger partial charge in [0.05, 0.1) is 0 Å². The molecule has 2 heterocycles. The first-order valence-electron chi connectivity index (χ1n) is 9.10. The Morgan fingerprint density at radius 2 is 2.12 bits per heavy atom. The number of carbonyl (C=O) groups excluding carboxylic acids is 1. The molecule has 1 fully saturated rings. The third-order valence-corrected chi connectivity index (χ3v) is 4.97. The molecule has 1 aromatic heterocycles. The van der Waals surface area contributed by atoms with Gasteiger partial charge in [0.15, 0.2) is 0 Å². The molecule has 1 unspecified atom stereocenters. The quantitative estimate of drug-likeness (QED) is 0.901. The molecule has 0 aliphatic carbocycles. The lowest BCUT2D eigenvalue weighted by Gasteiger charge is -2.35. The van der Waals surface area contributed by atoms with Crippen molar-refractivity contribution in [3.05, 3.63) is 53.5 Å². The summed E-state index contributed by atoms with van der Waals surface area (Å²) in [6, 6.07) is 10.3. The summed E-state index contributed by atoms with van der Waals surface area (Å²) in [5.41, 5.74) is 2.93. The molecule has 0 spiro atoms. The van der Waals surface area contributed by atoms with E-state index in [1.807, 2.05) is 17.0 Å². The van der Waals surface area contributed by atoms with Crippen LogP contribution in [0.3, 0.4) is 0 Å². The normalized spacial score (nSPS) is 17.4. The van der Waals surface area contributed by atoms with E-state index in [-0.39, 0.29) is 5.91 Å². The number of hydrogen-bond acceptors (Lipinski definition) is 4. The van der Waals surface area contributed by atoms with Gasteiger partial charge in [0.25, 0.3) is 5.91 Å². The van der Waals surface area contributed by atoms with Gasteiger partial charge >= 0.3 is 0 Å². The fourth-order valence-corrected chi connectivity index (χ4v) is 3.40. The van der Waals surface area contributed by atoms with Crippen LogP contribution < -0.4 is 5.32 Å². The largest absolute Gasteiger partial charge is 0.366 e. The number of hydrogen-bond donors (Lipinski definition) is 1. The van der Waals surface area contributed by atoms with Crippen LogP contribution in [0.2, 0.25) is 0 Å². The monoisotopic (exact) mass is 338 g/mol. The summed E-state index contributed by atoms with van der Waals surface area (Å²) in [5, 5.41) is 3.30.